The normalized spacial score (nSPS) is 12.9. The van der Waals surface area contributed by atoms with E-state index in [1.807, 2.05) is 13.8 Å². The van der Waals surface area contributed by atoms with Crippen molar-refractivity contribution in [2.75, 3.05) is 20.0 Å². The van der Waals surface area contributed by atoms with Gasteiger partial charge in [0.1, 0.15) is 11.6 Å². The van der Waals surface area contributed by atoms with Gasteiger partial charge >= 0.3 is 7.82 Å². The van der Waals surface area contributed by atoms with Crippen molar-refractivity contribution in [2.24, 2.45) is 0 Å². The third-order valence-corrected chi connectivity index (χ3v) is 6.54. The van der Waals surface area contributed by atoms with Gasteiger partial charge in [0.2, 0.25) is 6.79 Å². The zero-order valence-electron chi connectivity index (χ0n) is 18.7. The lowest BCUT2D eigenvalue weighted by Crippen LogP contribution is -2.06. The van der Waals surface area contributed by atoms with E-state index in [1.165, 1.54) is 6.07 Å². The number of phosphoric acid groups is 1. The van der Waals surface area contributed by atoms with Crippen LogP contribution in [0.15, 0.2) is 42.5 Å². The first kappa shape index (κ1) is 23.5. The minimum atomic E-state index is -3.94. The number of unbranched alkanes of at least 4 members (excludes halogenated alkanes) is 2. The molecule has 0 spiro atoms. The van der Waals surface area contributed by atoms with Crippen LogP contribution in [0.25, 0.3) is 22.2 Å². The van der Waals surface area contributed by atoms with E-state index in [2.05, 4.69) is 4.98 Å². The lowest BCUT2D eigenvalue weighted by atomic mass is 10.1. The van der Waals surface area contributed by atoms with Crippen LogP contribution in [-0.2, 0) is 13.6 Å². The summed E-state index contributed by atoms with van der Waals surface area (Å²) in [5.41, 5.74) is 1.09. The predicted molar refractivity (Wildman–Crippen MR) is 123 cm³/mol. The highest BCUT2D eigenvalue weighted by Gasteiger charge is 2.30. The van der Waals surface area contributed by atoms with E-state index >= 15 is 0 Å². The molecule has 0 radical (unpaired) electrons. The Hall–Kier alpha value is -2.67. The number of phosphoric ester groups is 1. The molecular weight excluding hydrogens is 448 g/mol. The average molecular weight is 475 g/mol. The molecule has 7 nitrogen and oxygen atoms in total. The number of pyridine rings is 1. The van der Waals surface area contributed by atoms with Crippen LogP contribution >= 0.6 is 7.82 Å². The van der Waals surface area contributed by atoms with Crippen molar-refractivity contribution < 1.29 is 32.0 Å². The van der Waals surface area contributed by atoms with Gasteiger partial charge in [0.15, 0.2) is 11.5 Å². The summed E-state index contributed by atoms with van der Waals surface area (Å²) in [6.45, 7) is 4.56. The molecule has 2 heterocycles. The lowest BCUT2D eigenvalue weighted by Gasteiger charge is -2.20. The van der Waals surface area contributed by atoms with Crippen LogP contribution in [0.4, 0.5) is 4.39 Å². The van der Waals surface area contributed by atoms with Crippen LogP contribution in [0.1, 0.15) is 39.5 Å². The highest BCUT2D eigenvalue weighted by Crippen LogP contribution is 2.52. The van der Waals surface area contributed by atoms with Crippen LogP contribution in [0, 0.1) is 5.82 Å². The zero-order chi connectivity index (χ0) is 23.3. The van der Waals surface area contributed by atoms with E-state index in [4.69, 9.17) is 23.0 Å². The maximum Gasteiger partial charge on any atom is 0.530 e. The van der Waals surface area contributed by atoms with Crippen LogP contribution in [-0.4, -0.2) is 25.0 Å². The first-order chi connectivity index (χ1) is 16.0. The van der Waals surface area contributed by atoms with E-state index in [9.17, 15) is 8.96 Å². The molecule has 0 atom stereocenters. The highest BCUT2D eigenvalue weighted by atomic mass is 31.2. The summed E-state index contributed by atoms with van der Waals surface area (Å²) in [5.74, 6) is 0.806. The topological polar surface area (TPSA) is 76.1 Å². The van der Waals surface area contributed by atoms with Gasteiger partial charge in [0.05, 0.1) is 24.4 Å². The first-order valence-corrected chi connectivity index (χ1v) is 12.6. The van der Waals surface area contributed by atoms with Gasteiger partial charge < -0.3 is 14.0 Å². The maximum atomic E-state index is 14.5. The second-order valence-electron chi connectivity index (χ2n) is 7.62. The summed E-state index contributed by atoms with van der Waals surface area (Å²) in [7, 11) is -3.94. The Balaban J connectivity index is 1.79. The molecule has 0 unspecified atom stereocenters. The number of aromatic nitrogens is 1. The van der Waals surface area contributed by atoms with E-state index in [0.29, 0.717) is 40.9 Å². The fraction of sp³-hybridized carbons (Fsp3) is 0.375. The second kappa shape index (κ2) is 10.5. The molecule has 0 N–H and O–H groups in total. The Bertz CT molecular complexity index is 1160. The maximum absolute atomic E-state index is 14.5. The molecule has 3 aromatic rings. The summed E-state index contributed by atoms with van der Waals surface area (Å²) < 4.78 is 56.1. The monoisotopic (exact) mass is 475 g/mol. The van der Waals surface area contributed by atoms with Gasteiger partial charge in [-0.25, -0.2) is 13.9 Å². The van der Waals surface area contributed by atoms with Gasteiger partial charge in [-0.1, -0.05) is 38.8 Å². The minimum absolute atomic E-state index is 0.0841. The largest absolute Gasteiger partial charge is 0.530 e. The summed E-state index contributed by atoms with van der Waals surface area (Å²) in [5, 5.41) is 0.526. The van der Waals surface area contributed by atoms with Crippen molar-refractivity contribution in [3.8, 4) is 28.5 Å². The summed E-state index contributed by atoms with van der Waals surface area (Å²) >= 11 is 0. The number of rotatable bonds is 11. The van der Waals surface area contributed by atoms with Crippen molar-refractivity contribution in [1.29, 1.82) is 0 Å². The lowest BCUT2D eigenvalue weighted by molar-refractivity contribution is 0.152. The van der Waals surface area contributed by atoms with Crippen LogP contribution < -0.4 is 14.0 Å². The fourth-order valence-electron chi connectivity index (χ4n) is 3.32. The molecule has 0 aliphatic carbocycles. The molecule has 0 saturated carbocycles. The molecule has 176 valence electrons. The number of hydrogen-bond donors (Lipinski definition) is 0. The first-order valence-electron chi connectivity index (χ1n) is 11.1. The predicted octanol–water partition coefficient (Wildman–Crippen LogP) is 6.89. The number of benzene rings is 2. The molecule has 9 heteroatoms. The van der Waals surface area contributed by atoms with E-state index in [0.717, 1.165) is 12.8 Å². The van der Waals surface area contributed by atoms with Crippen molar-refractivity contribution in [3.05, 3.63) is 48.3 Å². The average Bonchev–Trinajstić information content (AvgIpc) is 3.26. The number of halogens is 1. The summed E-state index contributed by atoms with van der Waals surface area (Å²) in [4.78, 5) is 4.60. The van der Waals surface area contributed by atoms with Crippen molar-refractivity contribution in [1.82, 2.24) is 4.98 Å². The molecule has 0 amide bonds. The Labute approximate surface area is 192 Å². The van der Waals surface area contributed by atoms with E-state index in [1.54, 1.807) is 36.4 Å². The SMILES string of the molecule is CCCCOP(=O)(OCCCC)Oc1cc(-c2ccccc2F)nc2cc3c(cc12)OCO3. The number of fused-ring (bicyclic) bond motifs is 2. The smallest absolute Gasteiger partial charge is 0.454 e. The highest BCUT2D eigenvalue weighted by molar-refractivity contribution is 7.48. The van der Waals surface area contributed by atoms with Gasteiger partial charge in [-0.05, 0) is 31.0 Å². The molecule has 0 fully saturated rings. The Morgan fingerprint density at radius 1 is 1.00 bits per heavy atom. The minimum Gasteiger partial charge on any atom is -0.454 e. The van der Waals surface area contributed by atoms with Crippen LogP contribution in [0.2, 0.25) is 0 Å². The van der Waals surface area contributed by atoms with Gasteiger partial charge in [0, 0.05) is 23.1 Å². The van der Waals surface area contributed by atoms with Crippen LogP contribution in [0.3, 0.4) is 0 Å². The molecule has 1 aliphatic rings. The Morgan fingerprint density at radius 3 is 2.33 bits per heavy atom. The van der Waals surface area contributed by atoms with E-state index in [-0.39, 0.29) is 31.3 Å². The quantitative estimate of drug-likeness (QED) is 0.221. The van der Waals surface area contributed by atoms with Crippen molar-refractivity contribution >= 4 is 18.7 Å². The fourth-order valence-corrected chi connectivity index (χ4v) is 4.60. The second-order valence-corrected chi connectivity index (χ2v) is 9.21. The van der Waals surface area contributed by atoms with Gasteiger partial charge in [0.25, 0.3) is 0 Å². The van der Waals surface area contributed by atoms with Crippen molar-refractivity contribution in [2.45, 2.75) is 39.5 Å². The molecule has 4 rings (SSSR count). The Morgan fingerprint density at radius 2 is 1.67 bits per heavy atom. The van der Waals surface area contributed by atoms with Gasteiger partial charge in [-0.2, -0.15) is 0 Å². The summed E-state index contributed by atoms with van der Waals surface area (Å²) in [6.07, 6.45) is 3.16. The number of nitrogens with zero attached hydrogens (tertiary/aromatic N) is 1. The molecular formula is C24H27FNO6P. The molecule has 33 heavy (non-hydrogen) atoms. The number of hydrogen-bond acceptors (Lipinski definition) is 7. The zero-order valence-corrected chi connectivity index (χ0v) is 19.6. The van der Waals surface area contributed by atoms with Crippen LogP contribution in [0.5, 0.6) is 17.2 Å². The Kier molecular flexibility index (Phi) is 7.48. The number of ether oxygens (including phenoxy) is 2. The third-order valence-electron chi connectivity index (χ3n) is 5.12. The summed E-state index contributed by atoms with van der Waals surface area (Å²) in [6, 6.07) is 11.2. The molecule has 1 aromatic heterocycles. The van der Waals surface area contributed by atoms with E-state index < -0.39 is 13.6 Å². The third kappa shape index (κ3) is 5.46. The molecule has 2 aromatic carbocycles. The molecule has 0 bridgehead atoms. The standard InChI is InChI=1S/C24H27FNO6P/c1-3-5-11-30-33(27,31-12-6-4-2)32-22-14-20(17-9-7-8-10-19(17)25)26-21-15-24-23(13-18(21)22)28-16-29-24/h7-10,13-15H,3-6,11-12,16H2,1-2H3. The van der Waals surface area contributed by atoms with Crippen molar-refractivity contribution in [3.63, 3.8) is 0 Å². The van der Waals surface area contributed by atoms with Gasteiger partial charge in [-0.3, -0.25) is 9.05 Å². The molecule has 1 aliphatic heterocycles. The van der Waals surface area contributed by atoms with Gasteiger partial charge in [-0.15, -0.1) is 0 Å². The molecule has 0 saturated heterocycles.